The summed E-state index contributed by atoms with van der Waals surface area (Å²) in [4.78, 5) is 14.4. The largest absolute Gasteiger partial charge is 0.483 e. The highest BCUT2D eigenvalue weighted by Crippen LogP contribution is 2.35. The molecule has 3 aromatic rings. The van der Waals surface area contributed by atoms with Crippen LogP contribution in [0.3, 0.4) is 0 Å². The van der Waals surface area contributed by atoms with Gasteiger partial charge in [-0.1, -0.05) is 56.3 Å². The van der Waals surface area contributed by atoms with Crippen LogP contribution in [-0.4, -0.2) is 30.4 Å². The van der Waals surface area contributed by atoms with E-state index in [9.17, 15) is 22.4 Å². The van der Waals surface area contributed by atoms with Crippen LogP contribution in [0.15, 0.2) is 72.8 Å². The van der Waals surface area contributed by atoms with E-state index in [1.54, 1.807) is 0 Å². The first kappa shape index (κ1) is 28.6. The lowest BCUT2D eigenvalue weighted by Crippen LogP contribution is -2.34. The number of hydrogen-bond acceptors (Lipinski definition) is 3. The van der Waals surface area contributed by atoms with Crippen LogP contribution in [0.1, 0.15) is 61.8 Å². The van der Waals surface area contributed by atoms with Crippen molar-refractivity contribution in [3.63, 3.8) is 0 Å². The number of carbonyl (C=O) groups is 1. The van der Waals surface area contributed by atoms with Gasteiger partial charge in [-0.15, -0.1) is 0 Å². The number of alkyl halides is 3. The minimum atomic E-state index is -4.59. The number of piperidine rings is 1. The highest BCUT2D eigenvalue weighted by molar-refractivity contribution is 5.92. The molecule has 8 heteroatoms. The van der Waals surface area contributed by atoms with Crippen molar-refractivity contribution in [3.05, 3.63) is 95.3 Å². The number of ether oxygens (including phenoxy) is 1. The minimum Gasteiger partial charge on any atom is -0.483 e. The molecule has 4 nitrogen and oxygen atoms in total. The standard InChI is InChI=1S/C31H34F4N2O2/c1-21(2)30(38)36-26-10-6-9-24(19-26)22-13-16-37(17-14-22)18-15-28(23-7-4-3-5-8-23)39-29-20-25(31(33,34)35)11-12-27(29)32/h3-12,19-22,28H,13-18H2,1-2H3,(H,36,38)/t28-/m0/s1. The quantitative estimate of drug-likeness (QED) is 0.280. The number of rotatable bonds is 9. The summed E-state index contributed by atoms with van der Waals surface area (Å²) in [5.41, 5.74) is 1.84. The smallest absolute Gasteiger partial charge is 0.416 e. The normalized spacial score (nSPS) is 15.8. The van der Waals surface area contributed by atoms with E-state index < -0.39 is 29.4 Å². The molecular weight excluding hydrogens is 508 g/mol. The predicted molar refractivity (Wildman–Crippen MR) is 144 cm³/mol. The molecule has 0 radical (unpaired) electrons. The number of nitrogens with zero attached hydrogens (tertiary/aromatic N) is 1. The highest BCUT2D eigenvalue weighted by atomic mass is 19.4. The van der Waals surface area contributed by atoms with Gasteiger partial charge in [0, 0.05) is 24.6 Å². The Bertz CT molecular complexity index is 1240. The minimum absolute atomic E-state index is 0.0119. The van der Waals surface area contributed by atoms with E-state index >= 15 is 0 Å². The van der Waals surface area contributed by atoms with Crippen molar-refractivity contribution >= 4 is 11.6 Å². The molecule has 1 N–H and O–H groups in total. The van der Waals surface area contributed by atoms with Gasteiger partial charge in [0.25, 0.3) is 0 Å². The highest BCUT2D eigenvalue weighted by Gasteiger charge is 2.32. The van der Waals surface area contributed by atoms with Gasteiger partial charge >= 0.3 is 6.18 Å². The van der Waals surface area contributed by atoms with Crippen molar-refractivity contribution in [2.75, 3.05) is 25.0 Å². The molecule has 4 rings (SSSR count). The third kappa shape index (κ3) is 7.82. The Morgan fingerprint density at radius 1 is 1.00 bits per heavy atom. The molecule has 1 amide bonds. The molecule has 208 valence electrons. The second kappa shape index (κ2) is 12.6. The summed E-state index contributed by atoms with van der Waals surface area (Å²) in [6, 6.07) is 19.4. The van der Waals surface area contributed by atoms with Crippen LogP contribution >= 0.6 is 0 Å². The number of benzene rings is 3. The Hall–Kier alpha value is -3.39. The predicted octanol–water partition coefficient (Wildman–Crippen LogP) is 7.83. The summed E-state index contributed by atoms with van der Waals surface area (Å²) < 4.78 is 60.0. The fourth-order valence-corrected chi connectivity index (χ4v) is 4.83. The SMILES string of the molecule is CC(C)C(=O)Nc1cccc(C2CCN(CC[C@H](Oc3cc(C(F)(F)F)ccc3F)c3ccccc3)CC2)c1. The van der Waals surface area contributed by atoms with E-state index in [1.807, 2.05) is 62.4 Å². The molecule has 3 aromatic carbocycles. The number of nitrogens with one attached hydrogen (secondary N) is 1. The zero-order valence-electron chi connectivity index (χ0n) is 22.2. The average Bonchev–Trinajstić information content (AvgIpc) is 2.92. The van der Waals surface area contributed by atoms with Gasteiger partial charge in [-0.05, 0) is 73.3 Å². The van der Waals surface area contributed by atoms with E-state index in [0.717, 1.165) is 55.4 Å². The maximum atomic E-state index is 14.4. The molecule has 0 bridgehead atoms. The van der Waals surface area contributed by atoms with E-state index in [0.29, 0.717) is 18.9 Å². The monoisotopic (exact) mass is 542 g/mol. The molecule has 1 atom stereocenters. The van der Waals surface area contributed by atoms with E-state index in [2.05, 4.69) is 16.3 Å². The van der Waals surface area contributed by atoms with Crippen LogP contribution in [-0.2, 0) is 11.0 Å². The van der Waals surface area contributed by atoms with Gasteiger partial charge in [-0.25, -0.2) is 4.39 Å². The molecule has 1 aliphatic rings. The van der Waals surface area contributed by atoms with Crippen LogP contribution in [0, 0.1) is 11.7 Å². The first-order valence-electron chi connectivity index (χ1n) is 13.3. The van der Waals surface area contributed by atoms with E-state index in [1.165, 1.54) is 5.56 Å². The van der Waals surface area contributed by atoms with Crippen LogP contribution in [0.4, 0.5) is 23.2 Å². The summed E-state index contributed by atoms with van der Waals surface area (Å²) in [5.74, 6) is -0.955. The fourth-order valence-electron chi connectivity index (χ4n) is 4.83. The van der Waals surface area contributed by atoms with Crippen molar-refractivity contribution in [2.24, 2.45) is 5.92 Å². The Morgan fingerprint density at radius 3 is 2.38 bits per heavy atom. The first-order valence-corrected chi connectivity index (χ1v) is 13.3. The maximum Gasteiger partial charge on any atom is 0.416 e. The Kier molecular flexibility index (Phi) is 9.28. The molecule has 0 aliphatic carbocycles. The van der Waals surface area contributed by atoms with Gasteiger partial charge in [-0.3, -0.25) is 4.79 Å². The van der Waals surface area contributed by atoms with Gasteiger partial charge < -0.3 is 15.0 Å². The lowest BCUT2D eigenvalue weighted by molar-refractivity contribution is -0.137. The van der Waals surface area contributed by atoms with Crippen LogP contribution < -0.4 is 10.1 Å². The van der Waals surface area contributed by atoms with E-state index in [4.69, 9.17) is 4.74 Å². The third-order valence-corrected chi connectivity index (χ3v) is 7.14. The van der Waals surface area contributed by atoms with Crippen molar-refractivity contribution in [1.29, 1.82) is 0 Å². The van der Waals surface area contributed by atoms with Gasteiger partial charge in [0.05, 0.1) is 5.56 Å². The Morgan fingerprint density at radius 2 is 1.72 bits per heavy atom. The van der Waals surface area contributed by atoms with Crippen LogP contribution in [0.25, 0.3) is 0 Å². The number of likely N-dealkylation sites (tertiary alicyclic amines) is 1. The number of hydrogen-bond donors (Lipinski definition) is 1. The lowest BCUT2D eigenvalue weighted by atomic mass is 9.89. The zero-order chi connectivity index (χ0) is 28.0. The third-order valence-electron chi connectivity index (χ3n) is 7.14. The number of carbonyl (C=O) groups excluding carboxylic acids is 1. The van der Waals surface area contributed by atoms with Crippen LogP contribution in [0.2, 0.25) is 0 Å². The van der Waals surface area contributed by atoms with Crippen molar-refractivity contribution in [1.82, 2.24) is 4.90 Å². The van der Waals surface area contributed by atoms with E-state index in [-0.39, 0.29) is 11.8 Å². The van der Waals surface area contributed by atoms with Gasteiger partial charge in [0.15, 0.2) is 11.6 Å². The van der Waals surface area contributed by atoms with Gasteiger partial charge in [-0.2, -0.15) is 13.2 Å². The topological polar surface area (TPSA) is 41.6 Å². The second-order valence-corrected chi connectivity index (χ2v) is 10.3. The number of halogens is 4. The molecular formula is C31H34F4N2O2. The summed E-state index contributed by atoms with van der Waals surface area (Å²) >= 11 is 0. The molecule has 39 heavy (non-hydrogen) atoms. The van der Waals surface area contributed by atoms with Crippen LogP contribution in [0.5, 0.6) is 5.75 Å². The molecule has 1 saturated heterocycles. The van der Waals surface area contributed by atoms with Gasteiger partial charge in [0.1, 0.15) is 6.10 Å². The summed E-state index contributed by atoms with van der Waals surface area (Å²) in [7, 11) is 0. The lowest BCUT2D eigenvalue weighted by Gasteiger charge is -2.33. The number of amides is 1. The summed E-state index contributed by atoms with van der Waals surface area (Å²) in [6.45, 7) is 6.09. The fraction of sp³-hybridized carbons (Fsp3) is 0.387. The molecule has 0 aromatic heterocycles. The molecule has 1 fully saturated rings. The van der Waals surface area contributed by atoms with Crippen molar-refractivity contribution < 1.29 is 27.1 Å². The molecule has 1 heterocycles. The van der Waals surface area contributed by atoms with Gasteiger partial charge in [0.2, 0.25) is 5.91 Å². The van der Waals surface area contributed by atoms with Crippen molar-refractivity contribution in [2.45, 2.75) is 51.3 Å². The zero-order valence-corrected chi connectivity index (χ0v) is 22.2. The van der Waals surface area contributed by atoms with Crippen molar-refractivity contribution in [3.8, 4) is 5.75 Å². The molecule has 0 spiro atoms. The molecule has 0 saturated carbocycles. The Balaban J connectivity index is 1.38. The molecule has 0 unspecified atom stereocenters. The summed E-state index contributed by atoms with van der Waals surface area (Å²) in [6.07, 6.45) is -2.79. The first-order chi connectivity index (χ1) is 18.6. The average molecular weight is 543 g/mol. The second-order valence-electron chi connectivity index (χ2n) is 10.3. The summed E-state index contributed by atoms with van der Waals surface area (Å²) in [5, 5.41) is 2.96. The Labute approximate surface area is 227 Å². The maximum absolute atomic E-state index is 14.4. The molecule has 1 aliphatic heterocycles. The number of anilines is 1.